The summed E-state index contributed by atoms with van der Waals surface area (Å²) >= 11 is 0. The molecule has 24 heteroatoms. The summed E-state index contributed by atoms with van der Waals surface area (Å²) in [5, 5.41) is 24.1. The normalized spacial score (nSPS) is 17.1. The molecule has 5 aliphatic heterocycles. The number of ether oxygens (including phenoxy) is 4. The van der Waals surface area contributed by atoms with E-state index in [9.17, 15) is 4.79 Å². The van der Waals surface area contributed by atoms with Gasteiger partial charge in [-0.25, -0.2) is 19.9 Å². The number of piperazine rings is 4. The summed E-state index contributed by atoms with van der Waals surface area (Å²) in [5.74, 6) is 11.3. The van der Waals surface area contributed by atoms with E-state index in [0.717, 1.165) is 246 Å². The van der Waals surface area contributed by atoms with E-state index in [-0.39, 0.29) is 43.8 Å². The Balaban J connectivity index is 0.000000184. The Morgan fingerprint density at radius 3 is 1.07 bits per heavy atom. The van der Waals surface area contributed by atoms with Crippen molar-refractivity contribution in [3.8, 4) is 17.2 Å². The molecule has 140 heavy (non-hydrogen) atoms. The van der Waals surface area contributed by atoms with Gasteiger partial charge < -0.3 is 85.6 Å². The molecule has 0 spiro atoms. The van der Waals surface area contributed by atoms with Crippen LogP contribution in [0.5, 0.6) is 17.2 Å². The minimum absolute atomic E-state index is 0.0107. The number of nitrogens with zero attached hydrogens (tertiary/aromatic N) is 12. The molecule has 3 saturated carbocycles. The van der Waals surface area contributed by atoms with Gasteiger partial charge in [0.05, 0.1) is 44.8 Å². The lowest BCUT2D eigenvalue weighted by atomic mass is 9.87. The fourth-order valence-corrected chi connectivity index (χ4v) is 16.7. The Labute approximate surface area is 848 Å². The monoisotopic (exact) mass is 1930 g/mol. The van der Waals surface area contributed by atoms with Crippen molar-refractivity contribution in [3.05, 3.63) is 154 Å². The van der Waals surface area contributed by atoms with Crippen molar-refractivity contribution in [2.75, 3.05) is 212 Å². The van der Waals surface area contributed by atoms with Gasteiger partial charge in [-0.15, -0.1) is 0 Å². The minimum Gasteiger partial charge on any atom is -0.494 e. The molecular formula is C116H191N19O5. The van der Waals surface area contributed by atoms with Crippen molar-refractivity contribution in [2.24, 2.45) is 0 Å². The second kappa shape index (κ2) is 54.8. The largest absolute Gasteiger partial charge is 0.494 e. The van der Waals surface area contributed by atoms with Crippen molar-refractivity contribution in [1.82, 2.24) is 55.6 Å². The quantitative estimate of drug-likeness (QED) is 0.0216. The fraction of sp³-hybridized carbons (Fsp3) is 0.672. The van der Waals surface area contributed by atoms with Crippen molar-refractivity contribution < 1.29 is 23.7 Å². The van der Waals surface area contributed by atoms with Crippen molar-refractivity contribution in [3.63, 3.8) is 0 Å². The molecule has 24 nitrogen and oxygen atoms in total. The Morgan fingerprint density at radius 1 is 0.400 bits per heavy atom. The number of carbonyl (C=O) groups is 1. The SMILES string of the molecule is CC(=O)N1CCN(c2cc(C(C)(C)C)cc(NC3CCC3)n2)CC1.CC(C)(C)c1cc(NC2CCC2)nc(N2CCNCC2)c1.CC(C)N1CCN(c2cc(C(C)(C)C)cc(NC3CCC3)n2)CC1.CCCCCOc1ccc(C(C)(C)C)cc1.CCNCCCOc1ccc(C(C)(C)C)cc1.CN1CCN(c2nc(NC3COC3)cc(C(C)(C)C)n2)CC1.CNCCCOc1ccc(C(C)(C)C)cc1. The smallest absolute Gasteiger partial charge is 0.227 e. The van der Waals surface area contributed by atoms with Gasteiger partial charge in [-0.05, 0) is 263 Å². The van der Waals surface area contributed by atoms with E-state index >= 15 is 0 Å². The molecule has 0 unspecified atom stereocenters. The summed E-state index contributed by atoms with van der Waals surface area (Å²) in [7, 11) is 4.12. The predicted molar refractivity (Wildman–Crippen MR) is 593 cm³/mol. The number of likely N-dealkylation sites (N-methyl/N-ethyl adjacent to an activating group) is 1. The summed E-state index contributed by atoms with van der Waals surface area (Å²) in [6.07, 6.45) is 17.4. The van der Waals surface area contributed by atoms with Gasteiger partial charge in [-0.3, -0.25) is 9.69 Å². The Morgan fingerprint density at radius 2 is 0.750 bits per heavy atom. The van der Waals surface area contributed by atoms with Crippen LogP contribution >= 0.6 is 0 Å². The first-order valence-electron chi connectivity index (χ1n) is 53.8. The number of rotatable bonds is 29. The Hall–Kier alpha value is -8.78. The average molecular weight is 1930 g/mol. The molecule has 0 atom stereocenters. The summed E-state index contributed by atoms with van der Waals surface area (Å²) in [6.45, 7) is 80.4. The third-order valence-electron chi connectivity index (χ3n) is 27.6. The summed E-state index contributed by atoms with van der Waals surface area (Å²) in [4.78, 5) is 52.1. The van der Waals surface area contributed by atoms with E-state index in [4.69, 9.17) is 43.9 Å². The highest BCUT2D eigenvalue weighted by molar-refractivity contribution is 5.73. The zero-order valence-electron chi connectivity index (χ0n) is 92.6. The third-order valence-corrected chi connectivity index (χ3v) is 27.6. The van der Waals surface area contributed by atoms with Crippen LogP contribution < -0.4 is 71.0 Å². The topological polar surface area (TPSA) is 225 Å². The molecule has 9 heterocycles. The summed E-state index contributed by atoms with van der Waals surface area (Å²) < 4.78 is 22.2. The molecule has 0 bridgehead atoms. The molecule has 8 fully saturated rings. The van der Waals surface area contributed by atoms with E-state index in [1.165, 1.54) is 104 Å². The molecule has 3 aliphatic carbocycles. The summed E-state index contributed by atoms with van der Waals surface area (Å²) in [6, 6.07) is 43.7. The van der Waals surface area contributed by atoms with Crippen LogP contribution in [0.3, 0.4) is 0 Å². The molecular weight excluding hydrogens is 1740 g/mol. The molecule has 15 rings (SSSR count). The van der Waals surface area contributed by atoms with Gasteiger partial charge in [0, 0.05) is 147 Å². The lowest BCUT2D eigenvalue weighted by Crippen LogP contribution is -2.49. The number of carbonyl (C=O) groups excluding carboxylic acids is 1. The highest BCUT2D eigenvalue weighted by Gasteiger charge is 2.32. The molecule has 7 aromatic rings. The van der Waals surface area contributed by atoms with E-state index < -0.39 is 0 Å². The first kappa shape index (κ1) is 115. The van der Waals surface area contributed by atoms with E-state index in [2.05, 4.69) is 362 Å². The van der Waals surface area contributed by atoms with Crippen LogP contribution in [0.25, 0.3) is 0 Å². The van der Waals surface area contributed by atoms with Gasteiger partial charge in [-0.1, -0.05) is 208 Å². The zero-order chi connectivity index (χ0) is 102. The molecule has 4 aromatic heterocycles. The number of amides is 1. The number of hydrogen-bond acceptors (Lipinski definition) is 23. The lowest BCUT2D eigenvalue weighted by molar-refractivity contribution is -0.129. The number of benzene rings is 3. The predicted octanol–water partition coefficient (Wildman–Crippen LogP) is 21.9. The van der Waals surface area contributed by atoms with Crippen molar-refractivity contribution >= 4 is 52.6 Å². The number of unbranched alkanes of at least 4 members (excludes halogenated alkanes) is 2. The number of hydrogen-bond donors (Lipinski definition) is 7. The number of anilines is 8. The standard InChI is InChI=1S/C20H34N4.C19H30N4O.C17H28N4.C16H27N5O.C15H25NO.C15H24O.C14H23NO/c1-15(2)23-9-11-24(12-10-23)19-14-16(20(3,4)5)13-18(22-19)21-17-7-6-8-17;1-14(24)22-8-10-23(11-9-22)18-13-15(19(2,3)4)12-17(21-18)20-16-6-5-7-16;1-17(2,3)13-11-15(19-14-5-4-6-14)20-16(12-13)21-9-7-18-8-10-21;1-16(2,3)13-9-14(17-12-10-22-11-12)19-15(18-13)21-7-5-20(4)6-8-21;1-5-16-11-6-12-17-14-9-7-13(8-10-14)15(2,3)4;1-5-6-7-12-16-14-10-8-13(9-11-14)15(2,3)4;1-14(2,3)12-6-8-13(9-7-12)16-11-5-10-15-4/h13-15,17H,6-12H2,1-5H3,(H,21,22);12-13,16H,5-11H2,1-4H3,(H,20,21);11-12,14,18H,4-10H2,1-3H3,(H,19,20);9,12H,5-8,10-11H2,1-4H3,(H,17,18,19);7-10,16H,5-6,11-12H2,1-4H3;8-11H,5-7,12H2,1-4H3;6-9,15H,5,10-11H2,1-4H3. The fourth-order valence-electron chi connectivity index (χ4n) is 16.7. The Bertz CT molecular complexity index is 4640. The van der Waals surface area contributed by atoms with E-state index in [1.54, 1.807) is 6.92 Å². The van der Waals surface area contributed by atoms with Gasteiger partial charge in [0.1, 0.15) is 58.0 Å². The number of pyridine rings is 3. The summed E-state index contributed by atoms with van der Waals surface area (Å²) in [5.41, 5.74) is 10.2. The van der Waals surface area contributed by atoms with Gasteiger partial charge in [-0.2, -0.15) is 4.98 Å². The second-order valence-corrected chi connectivity index (χ2v) is 47.3. The van der Waals surface area contributed by atoms with Crippen molar-refractivity contribution in [2.45, 2.75) is 338 Å². The number of nitrogens with one attached hydrogen (secondary N) is 7. The molecule has 3 aromatic carbocycles. The molecule has 8 aliphatic rings. The van der Waals surface area contributed by atoms with Gasteiger partial charge >= 0.3 is 0 Å². The van der Waals surface area contributed by atoms with Crippen LogP contribution in [-0.4, -0.2) is 247 Å². The first-order valence-corrected chi connectivity index (χ1v) is 53.8. The number of aromatic nitrogens is 5. The van der Waals surface area contributed by atoms with E-state index in [0.29, 0.717) is 30.2 Å². The van der Waals surface area contributed by atoms with Crippen LogP contribution in [0, 0.1) is 0 Å². The van der Waals surface area contributed by atoms with Crippen molar-refractivity contribution in [1.29, 1.82) is 0 Å². The van der Waals surface area contributed by atoms with Crippen LogP contribution in [0.15, 0.2) is 115 Å². The third kappa shape index (κ3) is 39.4. The molecule has 5 saturated heterocycles. The molecule has 0 radical (unpaired) electrons. The highest BCUT2D eigenvalue weighted by Crippen LogP contribution is 2.37. The van der Waals surface area contributed by atoms with E-state index in [1.807, 2.05) is 11.9 Å². The lowest BCUT2D eigenvalue weighted by Gasteiger charge is -2.38. The van der Waals surface area contributed by atoms with Gasteiger partial charge in [0.15, 0.2) is 0 Å². The highest BCUT2D eigenvalue weighted by atomic mass is 16.5. The second-order valence-electron chi connectivity index (χ2n) is 47.3. The first-order chi connectivity index (χ1) is 66.2. The maximum atomic E-state index is 11.5. The minimum atomic E-state index is 0.0107. The van der Waals surface area contributed by atoms with Gasteiger partial charge in [0.25, 0.3) is 0 Å². The van der Waals surface area contributed by atoms with Crippen LogP contribution in [0.2, 0.25) is 0 Å². The zero-order valence-corrected chi connectivity index (χ0v) is 92.6. The average Bonchev–Trinajstić information content (AvgIpc) is 0.811. The molecule has 780 valence electrons. The van der Waals surface area contributed by atoms with Crippen LogP contribution in [-0.2, 0) is 47.4 Å². The molecule has 1 amide bonds. The van der Waals surface area contributed by atoms with Crippen LogP contribution in [0.4, 0.5) is 46.7 Å². The van der Waals surface area contributed by atoms with Crippen LogP contribution in [0.1, 0.15) is 309 Å². The molecule has 7 N–H and O–H groups in total. The maximum absolute atomic E-state index is 11.5. The maximum Gasteiger partial charge on any atom is 0.227 e. The Kier molecular flexibility index (Phi) is 44.9. The van der Waals surface area contributed by atoms with Gasteiger partial charge in [0.2, 0.25) is 11.9 Å².